The Morgan fingerprint density at radius 1 is 1.38 bits per heavy atom. The molecule has 0 heterocycles. The summed E-state index contributed by atoms with van der Waals surface area (Å²) in [5.41, 5.74) is 9.52. The van der Waals surface area contributed by atoms with Gasteiger partial charge in [-0.05, 0) is 5.56 Å². The standard InChI is InChI=1S/C11H13N2O3/c12-7-11(13,8-14)10(15)16-6-9-4-2-1-3-5-9/h1-5H,6-7,12-13H2. The molecule has 0 saturated carbocycles. The first-order valence-corrected chi connectivity index (χ1v) is 4.72. The molecular weight excluding hydrogens is 208 g/mol. The summed E-state index contributed by atoms with van der Waals surface area (Å²) < 4.78 is 4.87. The second-order valence-corrected chi connectivity index (χ2v) is 3.34. The monoisotopic (exact) mass is 221 g/mol. The van der Waals surface area contributed by atoms with Crippen molar-refractivity contribution in [3.63, 3.8) is 0 Å². The number of carbonyl (C=O) groups excluding carboxylic acids is 2. The summed E-state index contributed by atoms with van der Waals surface area (Å²) in [7, 11) is 0. The minimum atomic E-state index is -1.87. The highest BCUT2D eigenvalue weighted by atomic mass is 16.5. The van der Waals surface area contributed by atoms with Gasteiger partial charge in [0.2, 0.25) is 6.29 Å². The third-order valence-corrected chi connectivity index (χ3v) is 2.08. The van der Waals surface area contributed by atoms with Crippen LogP contribution in [0.25, 0.3) is 0 Å². The molecule has 5 heteroatoms. The fourth-order valence-electron chi connectivity index (χ4n) is 1.02. The number of esters is 1. The van der Waals surface area contributed by atoms with E-state index < -0.39 is 11.5 Å². The summed E-state index contributed by atoms with van der Waals surface area (Å²) in [6.45, 7) is -0.273. The van der Waals surface area contributed by atoms with Crippen LogP contribution in [0.3, 0.4) is 0 Å². The first-order valence-electron chi connectivity index (χ1n) is 4.72. The molecule has 16 heavy (non-hydrogen) atoms. The van der Waals surface area contributed by atoms with E-state index in [2.05, 4.69) is 0 Å². The van der Waals surface area contributed by atoms with Crippen molar-refractivity contribution >= 4 is 12.3 Å². The minimum Gasteiger partial charge on any atom is -0.459 e. The number of benzene rings is 1. The fraction of sp³-hybridized carbons (Fsp3) is 0.273. The maximum atomic E-state index is 11.4. The lowest BCUT2D eigenvalue weighted by molar-refractivity contribution is -0.148. The second kappa shape index (κ2) is 5.39. The van der Waals surface area contributed by atoms with E-state index in [0.29, 0.717) is 0 Å². The molecule has 1 unspecified atom stereocenters. The Balaban J connectivity index is 2.56. The first-order chi connectivity index (χ1) is 7.62. The molecule has 0 aliphatic carbocycles. The molecule has 1 radical (unpaired) electrons. The molecule has 1 rings (SSSR count). The van der Waals surface area contributed by atoms with Crippen LogP contribution in [0, 0.1) is 0 Å². The summed E-state index contributed by atoms with van der Waals surface area (Å²) in [5.74, 6) is -0.867. The average molecular weight is 221 g/mol. The van der Waals surface area contributed by atoms with Crippen LogP contribution in [0.15, 0.2) is 30.3 Å². The van der Waals surface area contributed by atoms with Crippen molar-refractivity contribution in [3.05, 3.63) is 35.9 Å². The van der Waals surface area contributed by atoms with E-state index in [1.165, 1.54) is 6.29 Å². The Bertz CT molecular complexity index is 367. The maximum absolute atomic E-state index is 11.4. The molecule has 0 fully saturated rings. The number of hydrogen-bond acceptors (Lipinski definition) is 5. The minimum absolute atomic E-state index is 0.0559. The molecule has 5 nitrogen and oxygen atoms in total. The van der Waals surface area contributed by atoms with Crippen molar-refractivity contribution < 1.29 is 14.3 Å². The number of nitrogens with two attached hydrogens (primary N) is 2. The van der Waals surface area contributed by atoms with E-state index in [1.54, 1.807) is 12.1 Å². The zero-order valence-corrected chi connectivity index (χ0v) is 8.68. The molecule has 0 aromatic heterocycles. The van der Waals surface area contributed by atoms with Gasteiger partial charge in [-0.25, -0.2) is 4.79 Å². The van der Waals surface area contributed by atoms with Crippen molar-refractivity contribution in [2.24, 2.45) is 11.5 Å². The molecule has 85 valence electrons. The SMILES string of the molecule is NCC(N)([C]=O)C(=O)OCc1ccccc1. The van der Waals surface area contributed by atoms with Crippen LogP contribution in [0.5, 0.6) is 0 Å². The van der Waals surface area contributed by atoms with Gasteiger partial charge >= 0.3 is 5.97 Å². The molecule has 1 atom stereocenters. The Labute approximate surface area is 93.4 Å². The highest BCUT2D eigenvalue weighted by Crippen LogP contribution is 2.04. The molecule has 0 aliphatic rings. The highest BCUT2D eigenvalue weighted by Gasteiger charge is 2.35. The molecule has 0 spiro atoms. The zero-order valence-electron chi connectivity index (χ0n) is 8.68. The van der Waals surface area contributed by atoms with E-state index in [4.69, 9.17) is 16.2 Å². The maximum Gasteiger partial charge on any atom is 0.336 e. The molecule has 1 aromatic rings. The van der Waals surface area contributed by atoms with Crippen LogP contribution in [0.1, 0.15) is 5.56 Å². The van der Waals surface area contributed by atoms with Crippen LogP contribution in [-0.2, 0) is 20.9 Å². The van der Waals surface area contributed by atoms with E-state index >= 15 is 0 Å². The summed E-state index contributed by atoms with van der Waals surface area (Å²) >= 11 is 0. The summed E-state index contributed by atoms with van der Waals surface area (Å²) in [4.78, 5) is 21.9. The molecule has 1 aromatic carbocycles. The summed E-state index contributed by atoms with van der Waals surface area (Å²) in [5, 5.41) is 0. The molecule has 4 N–H and O–H groups in total. The van der Waals surface area contributed by atoms with Crippen LogP contribution < -0.4 is 11.5 Å². The van der Waals surface area contributed by atoms with Gasteiger partial charge in [0.05, 0.1) is 0 Å². The Morgan fingerprint density at radius 2 is 2.00 bits per heavy atom. The number of carbonyl (C=O) groups is 1. The number of ether oxygens (including phenoxy) is 1. The van der Waals surface area contributed by atoms with Gasteiger partial charge in [-0.3, -0.25) is 4.79 Å². The van der Waals surface area contributed by atoms with E-state index in [-0.39, 0.29) is 13.2 Å². The van der Waals surface area contributed by atoms with Crippen molar-refractivity contribution in [1.82, 2.24) is 0 Å². The molecule has 0 amide bonds. The van der Waals surface area contributed by atoms with Gasteiger partial charge in [-0.15, -0.1) is 0 Å². The lowest BCUT2D eigenvalue weighted by atomic mass is 10.0. The number of rotatable bonds is 5. The molecule has 0 aliphatic heterocycles. The summed E-state index contributed by atoms with van der Waals surface area (Å²) in [6.07, 6.45) is 1.39. The van der Waals surface area contributed by atoms with Crippen molar-refractivity contribution in [2.45, 2.75) is 12.1 Å². The zero-order chi connectivity index (χ0) is 12.0. The lowest BCUT2D eigenvalue weighted by Crippen LogP contribution is -2.56. The van der Waals surface area contributed by atoms with Crippen LogP contribution in [0.4, 0.5) is 0 Å². The van der Waals surface area contributed by atoms with Crippen molar-refractivity contribution in [3.8, 4) is 0 Å². The predicted molar refractivity (Wildman–Crippen MR) is 57.9 cm³/mol. The highest BCUT2D eigenvalue weighted by molar-refractivity contribution is 5.98. The average Bonchev–Trinajstić information content (AvgIpc) is 2.36. The van der Waals surface area contributed by atoms with Crippen LogP contribution >= 0.6 is 0 Å². The van der Waals surface area contributed by atoms with Crippen LogP contribution in [-0.4, -0.2) is 24.3 Å². The molecular formula is C11H13N2O3. The van der Waals surface area contributed by atoms with E-state index in [9.17, 15) is 9.59 Å². The van der Waals surface area contributed by atoms with Gasteiger partial charge in [0.15, 0.2) is 5.54 Å². The van der Waals surface area contributed by atoms with Gasteiger partial charge in [0, 0.05) is 6.54 Å². The van der Waals surface area contributed by atoms with Gasteiger partial charge in [0.1, 0.15) is 6.61 Å². The van der Waals surface area contributed by atoms with E-state index in [1.807, 2.05) is 18.2 Å². The summed E-state index contributed by atoms with van der Waals surface area (Å²) in [6, 6.07) is 9.05. The van der Waals surface area contributed by atoms with E-state index in [0.717, 1.165) is 5.56 Å². The largest absolute Gasteiger partial charge is 0.459 e. The number of hydrogen-bond donors (Lipinski definition) is 2. The van der Waals surface area contributed by atoms with Gasteiger partial charge in [0.25, 0.3) is 0 Å². The normalized spacial score (nSPS) is 13.9. The Morgan fingerprint density at radius 3 is 2.50 bits per heavy atom. The second-order valence-electron chi connectivity index (χ2n) is 3.34. The quantitative estimate of drug-likeness (QED) is 0.516. The van der Waals surface area contributed by atoms with Crippen LogP contribution in [0.2, 0.25) is 0 Å². The third-order valence-electron chi connectivity index (χ3n) is 2.08. The topological polar surface area (TPSA) is 95.4 Å². The van der Waals surface area contributed by atoms with Crippen molar-refractivity contribution in [2.75, 3.05) is 6.54 Å². The predicted octanol–water partition coefficient (Wildman–Crippen LogP) is -0.504. The van der Waals surface area contributed by atoms with Gasteiger partial charge < -0.3 is 16.2 Å². The van der Waals surface area contributed by atoms with Gasteiger partial charge in [-0.2, -0.15) is 0 Å². The smallest absolute Gasteiger partial charge is 0.336 e. The Hall–Kier alpha value is -1.72. The van der Waals surface area contributed by atoms with Gasteiger partial charge in [-0.1, -0.05) is 30.3 Å². The fourth-order valence-corrected chi connectivity index (χ4v) is 1.02. The lowest BCUT2D eigenvalue weighted by Gasteiger charge is -2.17. The molecule has 0 bridgehead atoms. The molecule has 0 saturated heterocycles. The third kappa shape index (κ3) is 2.88. The van der Waals surface area contributed by atoms with Crippen molar-refractivity contribution in [1.29, 1.82) is 0 Å². The Kier molecular flexibility index (Phi) is 4.16. The first kappa shape index (κ1) is 12.4.